The number of nitrogens with zero attached hydrogens (tertiary/aromatic N) is 1. The molecule has 122 valence electrons. The molecule has 0 aliphatic rings. The van der Waals surface area contributed by atoms with E-state index < -0.39 is 0 Å². The Bertz CT molecular complexity index is 861. The van der Waals surface area contributed by atoms with Gasteiger partial charge in [0.1, 0.15) is 4.88 Å². The fraction of sp³-hybridized carbons (Fsp3) is 0.158. The van der Waals surface area contributed by atoms with Crippen LogP contribution in [0.4, 0.5) is 0 Å². The number of hydrogen-bond donors (Lipinski definition) is 1. The number of hydrogen-bond acceptors (Lipinski definition) is 3. The van der Waals surface area contributed by atoms with Gasteiger partial charge in [-0.1, -0.05) is 54.1 Å². The van der Waals surface area contributed by atoms with Crippen molar-refractivity contribution in [2.75, 3.05) is 0 Å². The van der Waals surface area contributed by atoms with Crippen LogP contribution in [-0.4, -0.2) is 10.9 Å². The molecular formula is C19H17ClN2OS. The molecule has 5 heteroatoms. The summed E-state index contributed by atoms with van der Waals surface area (Å²) in [5.74, 6) is -0.119. The molecule has 1 N–H and O–H groups in total. The summed E-state index contributed by atoms with van der Waals surface area (Å²) >= 11 is 7.55. The Kier molecular flexibility index (Phi) is 4.97. The smallest absolute Gasteiger partial charge is 0.264 e. The Morgan fingerprint density at radius 3 is 2.42 bits per heavy atom. The number of amides is 1. The average Bonchev–Trinajstić information content (AvgIpc) is 2.92. The summed E-state index contributed by atoms with van der Waals surface area (Å²) in [6.07, 6.45) is 0. The molecule has 0 aliphatic carbocycles. The zero-order chi connectivity index (χ0) is 17.1. The van der Waals surface area contributed by atoms with Crippen LogP contribution in [0.15, 0.2) is 54.6 Å². The second kappa shape index (κ2) is 7.16. The second-order valence-electron chi connectivity index (χ2n) is 5.52. The molecule has 1 atom stereocenters. The van der Waals surface area contributed by atoms with Crippen LogP contribution < -0.4 is 5.32 Å². The van der Waals surface area contributed by atoms with E-state index in [9.17, 15) is 4.79 Å². The van der Waals surface area contributed by atoms with Crippen LogP contribution in [0.1, 0.15) is 37.5 Å². The number of aryl methyl sites for hydroxylation is 2. The third-order valence-electron chi connectivity index (χ3n) is 3.70. The minimum absolute atomic E-state index is 0.119. The molecule has 0 radical (unpaired) electrons. The van der Waals surface area contributed by atoms with Crippen molar-refractivity contribution in [1.29, 1.82) is 0 Å². The maximum absolute atomic E-state index is 12.7. The maximum Gasteiger partial charge on any atom is 0.264 e. The number of nitrogens with one attached hydrogen (secondary N) is 1. The predicted octanol–water partition coefficient (Wildman–Crippen LogP) is 4.93. The number of carbonyl (C=O) groups is 1. The van der Waals surface area contributed by atoms with Gasteiger partial charge in [-0.25, -0.2) is 4.98 Å². The highest BCUT2D eigenvalue weighted by atomic mass is 35.5. The summed E-state index contributed by atoms with van der Waals surface area (Å²) in [4.78, 5) is 17.7. The Labute approximate surface area is 150 Å². The molecule has 0 bridgehead atoms. The third kappa shape index (κ3) is 3.66. The van der Waals surface area contributed by atoms with Crippen molar-refractivity contribution in [3.63, 3.8) is 0 Å². The lowest BCUT2D eigenvalue weighted by Crippen LogP contribution is -2.29. The summed E-state index contributed by atoms with van der Waals surface area (Å²) in [6, 6.07) is 17.2. The highest BCUT2D eigenvalue weighted by Gasteiger charge is 2.21. The number of halogens is 1. The van der Waals surface area contributed by atoms with Gasteiger partial charge in [0.25, 0.3) is 5.91 Å². The van der Waals surface area contributed by atoms with E-state index in [1.807, 2.05) is 68.4 Å². The van der Waals surface area contributed by atoms with Gasteiger partial charge in [-0.15, -0.1) is 11.3 Å². The van der Waals surface area contributed by atoms with E-state index in [-0.39, 0.29) is 11.9 Å². The van der Waals surface area contributed by atoms with Crippen LogP contribution in [0.25, 0.3) is 0 Å². The van der Waals surface area contributed by atoms with Crippen LogP contribution in [0.5, 0.6) is 0 Å². The number of carbonyl (C=O) groups excluding carboxylic acids is 1. The standard InChI is InChI=1S/C19H17ClN2OS/c1-12-18(24-13(2)21-12)19(23)22-17(14-7-4-3-5-8-14)15-9-6-10-16(20)11-15/h3-11,17H,1-2H3,(H,22,23). The van der Waals surface area contributed by atoms with E-state index in [2.05, 4.69) is 10.3 Å². The quantitative estimate of drug-likeness (QED) is 0.720. The topological polar surface area (TPSA) is 42.0 Å². The van der Waals surface area contributed by atoms with E-state index in [1.165, 1.54) is 11.3 Å². The van der Waals surface area contributed by atoms with E-state index in [1.54, 1.807) is 0 Å². The van der Waals surface area contributed by atoms with Crippen molar-refractivity contribution < 1.29 is 4.79 Å². The first-order chi connectivity index (χ1) is 11.5. The first-order valence-corrected chi connectivity index (χ1v) is 8.79. The number of rotatable bonds is 4. The van der Waals surface area contributed by atoms with Crippen LogP contribution >= 0.6 is 22.9 Å². The van der Waals surface area contributed by atoms with Gasteiger partial charge in [0.05, 0.1) is 16.7 Å². The fourth-order valence-corrected chi connectivity index (χ4v) is 3.65. The molecule has 24 heavy (non-hydrogen) atoms. The fourth-order valence-electron chi connectivity index (χ4n) is 2.63. The molecule has 0 fully saturated rings. The number of benzene rings is 2. The molecule has 3 nitrogen and oxygen atoms in total. The number of aromatic nitrogens is 1. The lowest BCUT2D eigenvalue weighted by Gasteiger charge is -2.20. The third-order valence-corrected chi connectivity index (χ3v) is 5.01. The molecule has 3 rings (SSSR count). The van der Waals surface area contributed by atoms with Crippen LogP contribution in [0, 0.1) is 13.8 Å². The molecule has 0 aliphatic heterocycles. The van der Waals surface area contributed by atoms with Crippen molar-refractivity contribution in [3.05, 3.63) is 86.3 Å². The monoisotopic (exact) mass is 356 g/mol. The summed E-state index contributed by atoms with van der Waals surface area (Å²) in [7, 11) is 0. The molecular weight excluding hydrogens is 340 g/mol. The Morgan fingerprint density at radius 2 is 1.79 bits per heavy atom. The van der Waals surface area contributed by atoms with Gasteiger partial charge >= 0.3 is 0 Å². The minimum atomic E-state index is -0.265. The van der Waals surface area contributed by atoms with Gasteiger partial charge in [0.15, 0.2) is 0 Å². The maximum atomic E-state index is 12.7. The highest BCUT2D eigenvalue weighted by Crippen LogP contribution is 2.26. The SMILES string of the molecule is Cc1nc(C)c(C(=O)NC(c2ccccc2)c2cccc(Cl)c2)s1. The first kappa shape index (κ1) is 16.7. The Hall–Kier alpha value is -2.17. The lowest BCUT2D eigenvalue weighted by molar-refractivity contribution is 0.0946. The van der Waals surface area contributed by atoms with Gasteiger partial charge in [0, 0.05) is 5.02 Å². The van der Waals surface area contributed by atoms with Gasteiger partial charge in [-0.2, -0.15) is 0 Å². The van der Waals surface area contributed by atoms with Crippen molar-refractivity contribution >= 4 is 28.8 Å². The second-order valence-corrected chi connectivity index (χ2v) is 7.16. The van der Waals surface area contributed by atoms with E-state index >= 15 is 0 Å². The zero-order valence-electron chi connectivity index (χ0n) is 13.4. The summed E-state index contributed by atoms with van der Waals surface area (Å²) in [6.45, 7) is 3.76. The van der Waals surface area contributed by atoms with Crippen LogP contribution in [0.3, 0.4) is 0 Å². The molecule has 1 amide bonds. The van der Waals surface area contributed by atoms with Crippen molar-refractivity contribution in [2.45, 2.75) is 19.9 Å². The number of thiazole rings is 1. The van der Waals surface area contributed by atoms with Crippen molar-refractivity contribution in [1.82, 2.24) is 10.3 Å². The summed E-state index contributed by atoms with van der Waals surface area (Å²) in [5, 5.41) is 4.65. The molecule has 0 spiro atoms. The Morgan fingerprint density at radius 1 is 1.08 bits per heavy atom. The Balaban J connectivity index is 1.96. The first-order valence-electron chi connectivity index (χ1n) is 7.60. The molecule has 1 unspecified atom stereocenters. The molecule has 3 aromatic rings. The zero-order valence-corrected chi connectivity index (χ0v) is 15.0. The summed E-state index contributed by atoms with van der Waals surface area (Å²) in [5.41, 5.74) is 2.71. The molecule has 0 saturated carbocycles. The molecule has 2 aromatic carbocycles. The van der Waals surface area contributed by atoms with Gasteiger partial charge in [-0.3, -0.25) is 4.79 Å². The minimum Gasteiger partial charge on any atom is -0.340 e. The van der Waals surface area contributed by atoms with Gasteiger partial charge < -0.3 is 5.32 Å². The average molecular weight is 357 g/mol. The lowest BCUT2D eigenvalue weighted by atomic mass is 9.98. The van der Waals surface area contributed by atoms with Crippen molar-refractivity contribution in [2.24, 2.45) is 0 Å². The molecule has 1 aromatic heterocycles. The van der Waals surface area contributed by atoms with Gasteiger partial charge in [0.2, 0.25) is 0 Å². The highest BCUT2D eigenvalue weighted by molar-refractivity contribution is 7.13. The summed E-state index contributed by atoms with van der Waals surface area (Å²) < 4.78 is 0. The molecule has 0 saturated heterocycles. The van der Waals surface area contributed by atoms with Crippen molar-refractivity contribution in [3.8, 4) is 0 Å². The van der Waals surface area contributed by atoms with E-state index in [4.69, 9.17) is 11.6 Å². The predicted molar refractivity (Wildman–Crippen MR) is 98.8 cm³/mol. The normalized spacial score (nSPS) is 12.0. The van der Waals surface area contributed by atoms with Crippen LogP contribution in [0.2, 0.25) is 5.02 Å². The van der Waals surface area contributed by atoms with Crippen LogP contribution in [-0.2, 0) is 0 Å². The van der Waals surface area contributed by atoms with E-state index in [0.717, 1.165) is 21.8 Å². The molecule has 1 heterocycles. The van der Waals surface area contributed by atoms with Gasteiger partial charge in [-0.05, 0) is 37.1 Å². The largest absolute Gasteiger partial charge is 0.340 e. The van der Waals surface area contributed by atoms with E-state index in [0.29, 0.717) is 9.90 Å².